The lowest BCUT2D eigenvalue weighted by molar-refractivity contribution is -0.280. The molecule has 47 heavy (non-hydrogen) atoms. The van der Waals surface area contributed by atoms with Gasteiger partial charge >= 0.3 is 18.4 Å². The van der Waals surface area contributed by atoms with E-state index in [1.807, 2.05) is 6.92 Å². The monoisotopic (exact) mass is 684 g/mol. The molecule has 1 aliphatic rings. The SMILES string of the molecule is CCCCc1ccc(C(F)(F)Oc2cc(F)c(C(F)(F)OC3CCC(C=Cc4cc(F)c(C(F)(F)F)c(F)c4)CC3)c(F)c2)c(F)c1. The second kappa shape index (κ2) is 14.2. The van der Waals surface area contributed by atoms with E-state index >= 15 is 0 Å². The fraction of sp³-hybridized carbons (Fsp3) is 0.394. The lowest BCUT2D eigenvalue weighted by atomic mass is 9.86. The molecule has 0 N–H and O–H groups in total. The number of aryl methyl sites for hydroxylation is 1. The zero-order valence-corrected chi connectivity index (χ0v) is 24.7. The van der Waals surface area contributed by atoms with E-state index < -0.39 is 76.0 Å². The van der Waals surface area contributed by atoms with Crippen LogP contribution in [0.1, 0.15) is 73.3 Å². The van der Waals surface area contributed by atoms with Crippen molar-refractivity contribution in [3.63, 3.8) is 0 Å². The molecule has 3 aromatic rings. The first kappa shape index (κ1) is 36.2. The Labute approximate surface area is 262 Å². The van der Waals surface area contributed by atoms with Crippen LogP contribution in [0.2, 0.25) is 0 Å². The highest BCUT2D eigenvalue weighted by Crippen LogP contribution is 2.41. The maximum atomic E-state index is 14.9. The summed E-state index contributed by atoms with van der Waals surface area (Å²) in [4.78, 5) is 0. The molecule has 0 atom stereocenters. The second-order valence-corrected chi connectivity index (χ2v) is 11.2. The first-order valence-corrected chi connectivity index (χ1v) is 14.6. The molecule has 1 saturated carbocycles. The summed E-state index contributed by atoms with van der Waals surface area (Å²) in [6.07, 6.45) is -10.6. The van der Waals surface area contributed by atoms with Gasteiger partial charge in [0.15, 0.2) is 0 Å². The minimum atomic E-state index is -5.23. The molecule has 14 heteroatoms. The van der Waals surface area contributed by atoms with Crippen LogP contribution in [0, 0.1) is 35.0 Å². The predicted molar refractivity (Wildman–Crippen MR) is 147 cm³/mol. The number of halogens is 12. The van der Waals surface area contributed by atoms with Gasteiger partial charge in [0.05, 0.1) is 11.7 Å². The van der Waals surface area contributed by atoms with Gasteiger partial charge in [-0.15, -0.1) is 0 Å². The number of allylic oxidation sites excluding steroid dienone is 1. The molecule has 0 aromatic heterocycles. The third kappa shape index (κ3) is 8.82. The molecule has 1 aliphatic carbocycles. The smallest absolute Gasteiger partial charge is 0.429 e. The Kier molecular flexibility index (Phi) is 10.9. The van der Waals surface area contributed by atoms with E-state index in [-0.39, 0.29) is 49.3 Å². The maximum absolute atomic E-state index is 14.9. The third-order valence-corrected chi connectivity index (χ3v) is 7.66. The average molecular weight is 685 g/mol. The Bertz CT molecular complexity index is 1540. The summed E-state index contributed by atoms with van der Waals surface area (Å²) in [5.41, 5.74) is -4.85. The highest BCUT2D eigenvalue weighted by Gasteiger charge is 2.44. The van der Waals surface area contributed by atoms with Gasteiger partial charge < -0.3 is 9.47 Å². The summed E-state index contributed by atoms with van der Waals surface area (Å²) >= 11 is 0. The molecular formula is C33H28F12O2. The van der Waals surface area contributed by atoms with E-state index in [0.29, 0.717) is 30.5 Å². The van der Waals surface area contributed by atoms with E-state index in [2.05, 4.69) is 4.74 Å². The second-order valence-electron chi connectivity index (χ2n) is 11.2. The first-order chi connectivity index (χ1) is 21.9. The summed E-state index contributed by atoms with van der Waals surface area (Å²) in [6, 6.07) is 4.11. The average Bonchev–Trinajstić information content (AvgIpc) is 2.93. The van der Waals surface area contributed by atoms with Crippen molar-refractivity contribution >= 4 is 6.08 Å². The lowest BCUT2D eigenvalue weighted by Gasteiger charge is -2.30. The van der Waals surface area contributed by atoms with Gasteiger partial charge in [-0.2, -0.15) is 30.7 Å². The molecule has 4 rings (SSSR count). The molecule has 3 aromatic carbocycles. The summed E-state index contributed by atoms with van der Waals surface area (Å²) in [5, 5.41) is 0. The van der Waals surface area contributed by atoms with Crippen LogP contribution < -0.4 is 4.74 Å². The Hall–Kier alpha value is -3.68. The highest BCUT2D eigenvalue weighted by atomic mass is 19.4. The number of unbranched alkanes of at least 4 members (excludes halogenated alkanes) is 1. The molecule has 0 unspecified atom stereocenters. The molecule has 0 amide bonds. The largest absolute Gasteiger partial charge is 0.429 e. The van der Waals surface area contributed by atoms with Gasteiger partial charge in [-0.1, -0.05) is 31.6 Å². The third-order valence-electron chi connectivity index (χ3n) is 7.66. The molecule has 2 nitrogen and oxygen atoms in total. The van der Waals surface area contributed by atoms with Gasteiger partial charge in [0, 0.05) is 12.1 Å². The molecule has 1 fully saturated rings. The fourth-order valence-electron chi connectivity index (χ4n) is 5.30. The van der Waals surface area contributed by atoms with E-state index in [1.54, 1.807) is 0 Å². The van der Waals surface area contributed by atoms with E-state index in [4.69, 9.17) is 4.74 Å². The van der Waals surface area contributed by atoms with E-state index in [1.165, 1.54) is 18.2 Å². The first-order valence-electron chi connectivity index (χ1n) is 14.6. The van der Waals surface area contributed by atoms with Crippen LogP contribution in [-0.2, 0) is 29.6 Å². The summed E-state index contributed by atoms with van der Waals surface area (Å²) in [6.45, 7) is 1.89. The van der Waals surface area contributed by atoms with E-state index in [0.717, 1.165) is 18.6 Å². The molecule has 0 radical (unpaired) electrons. The van der Waals surface area contributed by atoms with Crippen molar-refractivity contribution in [1.82, 2.24) is 0 Å². The van der Waals surface area contributed by atoms with Gasteiger partial charge in [0.1, 0.15) is 46.0 Å². The standard InChI is InChI=1S/C33H28F12O2/c1-2-3-4-19-9-12-23(24(34)13-19)32(42,43)47-22-16-27(37)30(28(38)17-22)33(44,45)46-21-10-7-18(8-11-21)5-6-20-14-25(35)29(26(36)15-20)31(39,40)41/h5-6,9,12-18,21H,2-4,7-8,10-11H2,1H3. The zero-order chi connectivity index (χ0) is 34.7. The van der Waals surface area contributed by atoms with Crippen LogP contribution in [0.25, 0.3) is 6.08 Å². The fourth-order valence-corrected chi connectivity index (χ4v) is 5.30. The molecule has 256 valence electrons. The predicted octanol–water partition coefficient (Wildman–Crippen LogP) is 11.2. The highest BCUT2D eigenvalue weighted by molar-refractivity contribution is 5.51. The minimum Gasteiger partial charge on any atom is -0.429 e. The van der Waals surface area contributed by atoms with Gasteiger partial charge in [-0.3, -0.25) is 0 Å². The van der Waals surface area contributed by atoms with Crippen LogP contribution in [0.15, 0.2) is 48.5 Å². The van der Waals surface area contributed by atoms with Crippen LogP contribution in [0.5, 0.6) is 5.75 Å². The molecule has 0 bridgehead atoms. The summed E-state index contributed by atoms with van der Waals surface area (Å²) in [5.74, 6) is -10.4. The lowest BCUT2D eigenvalue weighted by Crippen LogP contribution is -2.31. The number of hydrogen-bond donors (Lipinski definition) is 0. The van der Waals surface area contributed by atoms with Crippen molar-refractivity contribution in [2.75, 3.05) is 0 Å². The number of ether oxygens (including phenoxy) is 2. The van der Waals surface area contributed by atoms with Crippen molar-refractivity contribution < 1.29 is 62.2 Å². The van der Waals surface area contributed by atoms with Crippen LogP contribution in [0.3, 0.4) is 0 Å². The van der Waals surface area contributed by atoms with Crippen molar-refractivity contribution in [2.24, 2.45) is 5.92 Å². The molecule has 0 spiro atoms. The van der Waals surface area contributed by atoms with Crippen LogP contribution >= 0.6 is 0 Å². The van der Waals surface area contributed by atoms with Crippen LogP contribution in [0.4, 0.5) is 52.7 Å². The van der Waals surface area contributed by atoms with Crippen molar-refractivity contribution in [2.45, 2.75) is 76.4 Å². The number of alkyl halides is 7. The van der Waals surface area contributed by atoms with Gasteiger partial charge in [-0.05, 0) is 79.8 Å². The maximum Gasteiger partial charge on any atom is 0.429 e. The normalized spacial score (nSPS) is 17.8. The minimum absolute atomic E-state index is 0.0558. The quantitative estimate of drug-likeness (QED) is 0.187. The molecular weight excluding hydrogens is 656 g/mol. The Morgan fingerprint density at radius 2 is 1.28 bits per heavy atom. The molecule has 0 aliphatic heterocycles. The zero-order valence-electron chi connectivity index (χ0n) is 24.7. The molecule has 0 heterocycles. The summed E-state index contributed by atoms with van der Waals surface area (Å²) in [7, 11) is 0. The van der Waals surface area contributed by atoms with Crippen molar-refractivity contribution in [1.29, 1.82) is 0 Å². The molecule has 0 saturated heterocycles. The van der Waals surface area contributed by atoms with Crippen LogP contribution in [-0.4, -0.2) is 6.10 Å². The van der Waals surface area contributed by atoms with Gasteiger partial charge in [0.2, 0.25) is 0 Å². The number of benzene rings is 3. The van der Waals surface area contributed by atoms with E-state index in [9.17, 15) is 52.7 Å². The Morgan fingerprint density at radius 1 is 0.702 bits per heavy atom. The van der Waals surface area contributed by atoms with Crippen molar-refractivity contribution in [3.8, 4) is 5.75 Å². The van der Waals surface area contributed by atoms with Gasteiger partial charge in [-0.25, -0.2) is 22.0 Å². The number of hydrogen-bond acceptors (Lipinski definition) is 2. The Morgan fingerprint density at radius 3 is 1.81 bits per heavy atom. The number of rotatable bonds is 11. The topological polar surface area (TPSA) is 18.5 Å². The Balaban J connectivity index is 1.39. The summed E-state index contributed by atoms with van der Waals surface area (Å²) < 4.78 is 178. The van der Waals surface area contributed by atoms with Crippen molar-refractivity contribution in [3.05, 3.63) is 105 Å². The van der Waals surface area contributed by atoms with Gasteiger partial charge in [0.25, 0.3) is 0 Å².